The summed E-state index contributed by atoms with van der Waals surface area (Å²) in [5.74, 6) is -0.960. The van der Waals surface area contributed by atoms with Gasteiger partial charge in [-0.25, -0.2) is 4.39 Å². The molecular weight excluding hydrogens is 319 g/mol. The first-order valence-corrected chi connectivity index (χ1v) is 4.56. The molecule has 1 rings (SSSR count). The summed E-state index contributed by atoms with van der Waals surface area (Å²) in [5.41, 5.74) is 0. The Kier molecular flexibility index (Phi) is 3.66. The van der Waals surface area contributed by atoms with E-state index in [4.69, 9.17) is 11.6 Å². The zero-order valence-corrected chi connectivity index (χ0v) is 8.94. The van der Waals surface area contributed by atoms with Crippen molar-refractivity contribution in [3.63, 3.8) is 0 Å². The number of hydrogen-bond donors (Lipinski definition) is 0. The molecule has 0 fully saturated rings. The summed E-state index contributed by atoms with van der Waals surface area (Å²) in [6.07, 6.45) is 0. The lowest BCUT2D eigenvalue weighted by molar-refractivity contribution is -0.0506. The summed E-state index contributed by atoms with van der Waals surface area (Å²) >= 11 is 6.95. The van der Waals surface area contributed by atoms with Crippen LogP contribution in [0.1, 0.15) is 0 Å². The molecule has 0 saturated heterocycles. The van der Waals surface area contributed by atoms with Gasteiger partial charge in [-0.05, 0) is 34.7 Å². The molecule has 0 aliphatic rings. The first kappa shape index (κ1) is 10.9. The fraction of sp³-hybridized carbons (Fsp3) is 0.143. The summed E-state index contributed by atoms with van der Waals surface area (Å²) in [6.45, 7) is -2.96. The highest BCUT2D eigenvalue weighted by Gasteiger charge is 2.13. The zero-order valence-electron chi connectivity index (χ0n) is 6.03. The summed E-state index contributed by atoms with van der Waals surface area (Å²) in [4.78, 5) is 0. The fourth-order valence-electron chi connectivity index (χ4n) is 0.695. The lowest BCUT2D eigenvalue weighted by atomic mass is 10.3. The monoisotopic (exact) mass is 322 g/mol. The third kappa shape index (κ3) is 2.63. The molecule has 0 unspecified atom stereocenters. The van der Waals surface area contributed by atoms with Crippen molar-refractivity contribution in [1.82, 2.24) is 0 Å². The van der Waals surface area contributed by atoms with E-state index in [-0.39, 0.29) is 14.3 Å². The van der Waals surface area contributed by atoms with E-state index in [1.807, 2.05) is 0 Å². The van der Waals surface area contributed by atoms with Gasteiger partial charge in [0.15, 0.2) is 5.82 Å². The third-order valence-corrected chi connectivity index (χ3v) is 2.51. The van der Waals surface area contributed by atoms with Gasteiger partial charge < -0.3 is 4.74 Å². The molecule has 1 aromatic rings. The summed E-state index contributed by atoms with van der Waals surface area (Å²) < 4.78 is 40.5. The van der Waals surface area contributed by atoms with E-state index in [1.165, 1.54) is 6.07 Å². The van der Waals surface area contributed by atoms with Gasteiger partial charge in [0.2, 0.25) is 0 Å². The van der Waals surface area contributed by atoms with E-state index in [0.29, 0.717) is 0 Å². The molecule has 0 aliphatic carbocycles. The van der Waals surface area contributed by atoms with Gasteiger partial charge in [-0.3, -0.25) is 0 Å². The standard InChI is InChI=1S/C7H3ClF3IO/c8-3-1-2-4(13-7(10)11)6(12)5(3)9/h1-2,7H. The van der Waals surface area contributed by atoms with Crippen LogP contribution in [-0.2, 0) is 0 Å². The molecular formula is C7H3ClF3IO. The maximum atomic E-state index is 13.0. The Bertz CT molecular complexity index is 319. The van der Waals surface area contributed by atoms with E-state index in [9.17, 15) is 13.2 Å². The molecule has 6 heteroatoms. The van der Waals surface area contributed by atoms with Gasteiger partial charge in [0, 0.05) is 0 Å². The minimum Gasteiger partial charge on any atom is -0.434 e. The van der Waals surface area contributed by atoms with Crippen molar-refractivity contribution in [2.75, 3.05) is 0 Å². The van der Waals surface area contributed by atoms with Crippen LogP contribution in [0.5, 0.6) is 5.75 Å². The number of halogens is 5. The Hall–Kier alpha value is -0.170. The van der Waals surface area contributed by atoms with Crippen molar-refractivity contribution >= 4 is 34.2 Å². The second-order valence-corrected chi connectivity index (χ2v) is 3.54. The summed E-state index contributed by atoms with van der Waals surface area (Å²) in [6, 6.07) is 2.36. The van der Waals surface area contributed by atoms with Crippen LogP contribution < -0.4 is 4.74 Å². The largest absolute Gasteiger partial charge is 0.434 e. The van der Waals surface area contributed by atoms with E-state index < -0.39 is 12.4 Å². The quantitative estimate of drug-likeness (QED) is 0.596. The number of rotatable bonds is 2. The maximum Gasteiger partial charge on any atom is 0.387 e. The van der Waals surface area contributed by atoms with Crippen molar-refractivity contribution in [3.05, 3.63) is 26.5 Å². The number of benzene rings is 1. The Morgan fingerprint density at radius 1 is 1.38 bits per heavy atom. The smallest absolute Gasteiger partial charge is 0.387 e. The predicted octanol–water partition coefficient (Wildman–Crippen LogP) is 3.69. The number of alkyl halides is 2. The predicted molar refractivity (Wildman–Crippen MR) is 50.8 cm³/mol. The minimum atomic E-state index is -2.96. The molecule has 0 heterocycles. The average molecular weight is 322 g/mol. The molecule has 0 radical (unpaired) electrons. The van der Waals surface area contributed by atoms with Crippen LogP contribution in [0.25, 0.3) is 0 Å². The third-order valence-electron chi connectivity index (χ3n) is 1.22. The highest BCUT2D eigenvalue weighted by Crippen LogP contribution is 2.29. The first-order valence-electron chi connectivity index (χ1n) is 3.10. The Morgan fingerprint density at radius 3 is 2.54 bits per heavy atom. The summed E-state index contributed by atoms with van der Waals surface area (Å²) in [5, 5.41) is -0.119. The van der Waals surface area contributed by atoms with Crippen LogP contribution in [0.15, 0.2) is 12.1 Å². The SMILES string of the molecule is Fc1c(Cl)ccc(OC(F)F)c1I. The van der Waals surface area contributed by atoms with Gasteiger partial charge >= 0.3 is 6.61 Å². The van der Waals surface area contributed by atoms with Crippen molar-refractivity contribution in [3.8, 4) is 5.75 Å². The molecule has 0 atom stereocenters. The molecule has 72 valence electrons. The normalized spacial score (nSPS) is 10.6. The van der Waals surface area contributed by atoms with Crippen LogP contribution in [0.3, 0.4) is 0 Å². The van der Waals surface area contributed by atoms with Crippen LogP contribution in [0.4, 0.5) is 13.2 Å². The van der Waals surface area contributed by atoms with Gasteiger partial charge in [-0.15, -0.1) is 0 Å². The lowest BCUT2D eigenvalue weighted by Crippen LogP contribution is -2.04. The van der Waals surface area contributed by atoms with Gasteiger partial charge in [-0.1, -0.05) is 11.6 Å². The Labute approximate surface area is 91.0 Å². The van der Waals surface area contributed by atoms with Gasteiger partial charge in [0.05, 0.1) is 8.59 Å². The topological polar surface area (TPSA) is 9.23 Å². The average Bonchev–Trinajstić information content (AvgIpc) is 2.06. The Balaban J connectivity index is 3.04. The molecule has 1 nitrogen and oxygen atoms in total. The lowest BCUT2D eigenvalue weighted by Gasteiger charge is -2.07. The number of hydrogen-bond acceptors (Lipinski definition) is 1. The van der Waals surface area contributed by atoms with Crippen molar-refractivity contribution < 1.29 is 17.9 Å². The van der Waals surface area contributed by atoms with Gasteiger partial charge in [0.1, 0.15) is 5.75 Å². The molecule has 0 aliphatic heterocycles. The molecule has 0 spiro atoms. The fourth-order valence-corrected chi connectivity index (χ4v) is 1.61. The molecule has 13 heavy (non-hydrogen) atoms. The second kappa shape index (κ2) is 4.36. The molecule has 0 N–H and O–H groups in total. The molecule has 0 aromatic heterocycles. The molecule has 0 amide bonds. The second-order valence-electron chi connectivity index (χ2n) is 2.05. The highest BCUT2D eigenvalue weighted by atomic mass is 127. The molecule has 0 bridgehead atoms. The maximum absolute atomic E-state index is 13.0. The van der Waals surface area contributed by atoms with E-state index in [0.717, 1.165) is 6.07 Å². The van der Waals surface area contributed by atoms with Crippen LogP contribution >= 0.6 is 34.2 Å². The van der Waals surface area contributed by atoms with Crippen molar-refractivity contribution in [1.29, 1.82) is 0 Å². The van der Waals surface area contributed by atoms with Crippen molar-refractivity contribution in [2.24, 2.45) is 0 Å². The van der Waals surface area contributed by atoms with E-state index in [2.05, 4.69) is 4.74 Å². The van der Waals surface area contributed by atoms with Gasteiger partial charge in [0.25, 0.3) is 0 Å². The number of ether oxygens (including phenoxy) is 1. The van der Waals surface area contributed by atoms with Crippen LogP contribution in [-0.4, -0.2) is 6.61 Å². The molecule has 1 aromatic carbocycles. The van der Waals surface area contributed by atoms with Crippen LogP contribution in [0.2, 0.25) is 5.02 Å². The summed E-state index contributed by atoms with van der Waals surface area (Å²) in [7, 11) is 0. The van der Waals surface area contributed by atoms with E-state index >= 15 is 0 Å². The van der Waals surface area contributed by atoms with Gasteiger partial charge in [-0.2, -0.15) is 8.78 Å². The Morgan fingerprint density at radius 2 is 2.00 bits per heavy atom. The first-order chi connectivity index (χ1) is 6.02. The van der Waals surface area contributed by atoms with Crippen LogP contribution in [0, 0.1) is 9.39 Å². The highest BCUT2D eigenvalue weighted by molar-refractivity contribution is 14.1. The van der Waals surface area contributed by atoms with E-state index in [1.54, 1.807) is 22.6 Å². The van der Waals surface area contributed by atoms with Crippen molar-refractivity contribution in [2.45, 2.75) is 6.61 Å². The zero-order chi connectivity index (χ0) is 10.0. The minimum absolute atomic E-state index is 0.0506. The molecule has 0 saturated carbocycles.